The first-order chi connectivity index (χ1) is 8.44. The summed E-state index contributed by atoms with van der Waals surface area (Å²) in [6.45, 7) is 6.68. The van der Waals surface area contributed by atoms with Gasteiger partial charge in [-0.25, -0.2) is 9.78 Å². The molecule has 1 aliphatic rings. The van der Waals surface area contributed by atoms with Crippen LogP contribution >= 0.6 is 0 Å². The van der Waals surface area contributed by atoms with Crippen LogP contribution in [-0.4, -0.2) is 19.5 Å². The van der Waals surface area contributed by atoms with Crippen LogP contribution in [0.15, 0.2) is 9.59 Å². The average molecular weight is 248 g/mol. The molecule has 2 heterocycles. The Morgan fingerprint density at radius 1 is 1.39 bits per heavy atom. The molecule has 0 bridgehead atoms. The van der Waals surface area contributed by atoms with Crippen LogP contribution in [-0.2, 0) is 6.54 Å². The molecule has 1 saturated carbocycles. The highest BCUT2D eigenvalue weighted by Gasteiger charge is 2.48. The quantitative estimate of drug-likeness (QED) is 0.829. The number of fused-ring (bicyclic) bond motifs is 1. The van der Waals surface area contributed by atoms with Crippen LogP contribution in [0.25, 0.3) is 11.2 Å². The van der Waals surface area contributed by atoms with Crippen LogP contribution in [0.2, 0.25) is 0 Å². The van der Waals surface area contributed by atoms with Gasteiger partial charge in [0.15, 0.2) is 5.65 Å². The van der Waals surface area contributed by atoms with E-state index in [1.807, 2.05) is 6.92 Å². The standard InChI is InChI=1S/C12H16N4O2/c1-4-16-9-7(10(17)15-11(16)18)13-8(14-9)6-5-12(6,2)3/h6H,4-5H2,1-3H3,(H,13,14)(H,15,17,18). The topological polar surface area (TPSA) is 83.5 Å². The van der Waals surface area contributed by atoms with E-state index >= 15 is 0 Å². The number of rotatable bonds is 2. The van der Waals surface area contributed by atoms with Gasteiger partial charge in [-0.15, -0.1) is 0 Å². The van der Waals surface area contributed by atoms with E-state index in [9.17, 15) is 9.59 Å². The summed E-state index contributed by atoms with van der Waals surface area (Å²) in [4.78, 5) is 33.2. The molecule has 1 aliphatic carbocycles. The van der Waals surface area contributed by atoms with Gasteiger partial charge in [0.2, 0.25) is 0 Å². The molecule has 1 atom stereocenters. The smallest absolute Gasteiger partial charge is 0.330 e. The summed E-state index contributed by atoms with van der Waals surface area (Å²) in [5.41, 5.74) is 0.302. The molecule has 1 unspecified atom stereocenters. The van der Waals surface area contributed by atoms with E-state index in [4.69, 9.17) is 0 Å². The van der Waals surface area contributed by atoms with Crippen molar-refractivity contribution in [3.05, 3.63) is 26.7 Å². The van der Waals surface area contributed by atoms with E-state index in [1.54, 1.807) is 0 Å². The molecule has 1 fully saturated rings. The lowest BCUT2D eigenvalue weighted by Gasteiger charge is -2.00. The minimum Gasteiger partial charge on any atom is -0.336 e. The number of nitrogens with zero attached hydrogens (tertiary/aromatic N) is 2. The van der Waals surface area contributed by atoms with E-state index in [0.717, 1.165) is 12.2 Å². The Labute approximate surface area is 103 Å². The Hall–Kier alpha value is -1.85. The number of aromatic nitrogens is 4. The minimum absolute atomic E-state index is 0.234. The van der Waals surface area contributed by atoms with Crippen LogP contribution in [0, 0.1) is 5.41 Å². The van der Waals surface area contributed by atoms with Gasteiger partial charge in [-0.2, -0.15) is 0 Å². The fourth-order valence-electron chi connectivity index (χ4n) is 2.45. The van der Waals surface area contributed by atoms with Crippen molar-refractivity contribution < 1.29 is 0 Å². The molecular formula is C12H16N4O2. The molecule has 2 aromatic heterocycles. The molecule has 0 amide bonds. The third kappa shape index (κ3) is 1.45. The Kier molecular flexibility index (Phi) is 2.09. The number of nitrogens with one attached hydrogen (secondary N) is 2. The molecule has 2 aromatic rings. The number of aryl methyl sites for hydroxylation is 1. The molecular weight excluding hydrogens is 232 g/mol. The number of hydrogen-bond donors (Lipinski definition) is 2. The molecule has 2 N–H and O–H groups in total. The molecule has 0 radical (unpaired) electrons. The summed E-state index contributed by atoms with van der Waals surface area (Å²) >= 11 is 0. The lowest BCUT2D eigenvalue weighted by Crippen LogP contribution is -2.29. The van der Waals surface area contributed by atoms with E-state index in [0.29, 0.717) is 23.6 Å². The second-order valence-electron chi connectivity index (χ2n) is 5.57. The van der Waals surface area contributed by atoms with Gasteiger partial charge in [0.25, 0.3) is 5.56 Å². The fraction of sp³-hybridized carbons (Fsp3) is 0.583. The molecule has 0 aromatic carbocycles. The maximum Gasteiger partial charge on any atom is 0.330 e. The lowest BCUT2D eigenvalue weighted by molar-refractivity contribution is 0.611. The summed E-state index contributed by atoms with van der Waals surface area (Å²) in [6, 6.07) is 0. The van der Waals surface area contributed by atoms with E-state index in [-0.39, 0.29) is 5.41 Å². The van der Waals surface area contributed by atoms with Gasteiger partial charge < -0.3 is 4.98 Å². The van der Waals surface area contributed by atoms with Crippen LogP contribution < -0.4 is 11.2 Å². The zero-order chi connectivity index (χ0) is 13.1. The normalized spacial score (nSPS) is 21.4. The predicted molar refractivity (Wildman–Crippen MR) is 67.8 cm³/mol. The predicted octanol–water partition coefficient (Wildman–Crippen LogP) is 0.946. The van der Waals surface area contributed by atoms with Crippen LogP contribution in [0.5, 0.6) is 0 Å². The Morgan fingerprint density at radius 3 is 2.61 bits per heavy atom. The monoisotopic (exact) mass is 248 g/mol. The SMILES string of the molecule is CCn1c(=O)[nH]c(=O)c2[nH]c(C3CC3(C)C)nc21. The van der Waals surface area contributed by atoms with Crippen molar-refractivity contribution in [3.8, 4) is 0 Å². The van der Waals surface area contributed by atoms with E-state index in [1.165, 1.54) is 4.57 Å². The first kappa shape index (κ1) is 11.3. The first-order valence-electron chi connectivity index (χ1n) is 6.17. The van der Waals surface area contributed by atoms with Gasteiger partial charge in [-0.1, -0.05) is 13.8 Å². The summed E-state index contributed by atoms with van der Waals surface area (Å²) < 4.78 is 1.48. The van der Waals surface area contributed by atoms with Gasteiger partial charge in [0, 0.05) is 12.5 Å². The number of aromatic amines is 2. The summed E-state index contributed by atoms with van der Waals surface area (Å²) in [5.74, 6) is 1.16. The Balaban J connectivity index is 2.26. The van der Waals surface area contributed by atoms with Gasteiger partial charge in [-0.05, 0) is 18.8 Å². The first-order valence-corrected chi connectivity index (χ1v) is 6.17. The highest BCUT2D eigenvalue weighted by atomic mass is 16.2. The van der Waals surface area contributed by atoms with Crippen LogP contribution in [0.1, 0.15) is 38.9 Å². The van der Waals surface area contributed by atoms with Gasteiger partial charge in [0.05, 0.1) is 0 Å². The number of H-pyrrole nitrogens is 2. The summed E-state index contributed by atoms with van der Waals surface area (Å²) in [7, 11) is 0. The van der Waals surface area contributed by atoms with Gasteiger partial charge >= 0.3 is 5.69 Å². The van der Waals surface area contributed by atoms with Gasteiger partial charge in [-0.3, -0.25) is 14.3 Å². The highest BCUT2D eigenvalue weighted by molar-refractivity contribution is 5.70. The molecule has 6 heteroatoms. The zero-order valence-corrected chi connectivity index (χ0v) is 10.7. The molecule has 3 rings (SSSR count). The van der Waals surface area contributed by atoms with Crippen molar-refractivity contribution in [2.24, 2.45) is 5.41 Å². The van der Waals surface area contributed by atoms with Crippen molar-refractivity contribution in [2.45, 2.75) is 39.7 Å². The molecule has 96 valence electrons. The fourth-order valence-corrected chi connectivity index (χ4v) is 2.45. The van der Waals surface area contributed by atoms with Gasteiger partial charge in [0.1, 0.15) is 11.3 Å². The molecule has 18 heavy (non-hydrogen) atoms. The average Bonchev–Trinajstić information content (AvgIpc) is 2.74. The van der Waals surface area contributed by atoms with E-state index in [2.05, 4.69) is 28.8 Å². The lowest BCUT2D eigenvalue weighted by atomic mass is 10.1. The van der Waals surface area contributed by atoms with Crippen LogP contribution in [0.3, 0.4) is 0 Å². The number of imidazole rings is 1. The third-order valence-electron chi connectivity index (χ3n) is 3.81. The maximum atomic E-state index is 11.7. The zero-order valence-electron chi connectivity index (χ0n) is 10.7. The number of hydrogen-bond acceptors (Lipinski definition) is 3. The van der Waals surface area contributed by atoms with Crippen molar-refractivity contribution >= 4 is 11.2 Å². The molecule has 0 aliphatic heterocycles. The largest absolute Gasteiger partial charge is 0.336 e. The van der Waals surface area contributed by atoms with E-state index < -0.39 is 11.2 Å². The summed E-state index contributed by atoms with van der Waals surface area (Å²) in [5, 5.41) is 0. The third-order valence-corrected chi connectivity index (χ3v) is 3.81. The van der Waals surface area contributed by atoms with Crippen LogP contribution in [0.4, 0.5) is 0 Å². The second kappa shape index (κ2) is 3.34. The van der Waals surface area contributed by atoms with Crippen molar-refractivity contribution in [3.63, 3.8) is 0 Å². The highest BCUT2D eigenvalue weighted by Crippen LogP contribution is 2.57. The van der Waals surface area contributed by atoms with Crippen molar-refractivity contribution in [1.29, 1.82) is 0 Å². The minimum atomic E-state index is -0.400. The molecule has 6 nitrogen and oxygen atoms in total. The summed E-state index contributed by atoms with van der Waals surface area (Å²) in [6.07, 6.45) is 1.06. The second-order valence-corrected chi connectivity index (χ2v) is 5.57. The van der Waals surface area contributed by atoms with Crippen molar-refractivity contribution in [1.82, 2.24) is 19.5 Å². The maximum absolute atomic E-state index is 11.7. The molecule has 0 saturated heterocycles. The Morgan fingerprint density at radius 2 is 2.06 bits per heavy atom. The van der Waals surface area contributed by atoms with Crippen molar-refractivity contribution in [2.75, 3.05) is 0 Å². The molecule has 0 spiro atoms. The Bertz CT molecular complexity index is 735.